The number of aliphatic hydroxyl groups excluding tert-OH is 1. The zero-order valence-electron chi connectivity index (χ0n) is 16.3. The molecule has 1 aromatic carbocycles. The van der Waals surface area contributed by atoms with Crippen LogP contribution in [0, 0.1) is 0 Å². The zero-order chi connectivity index (χ0) is 18.6. The average Bonchev–Trinajstić information content (AvgIpc) is 2.70. The van der Waals surface area contributed by atoms with Crippen LogP contribution in [-0.2, 0) is 0 Å². The molecule has 0 bridgehead atoms. The Morgan fingerprint density at radius 3 is 2.35 bits per heavy atom. The molecule has 1 aromatic heterocycles. The fourth-order valence-electron chi connectivity index (χ4n) is 3.13. The summed E-state index contributed by atoms with van der Waals surface area (Å²) in [5, 5.41) is 10.2. The quantitative estimate of drug-likeness (QED) is 0.453. The normalized spacial score (nSPS) is 12.1. The molecular formula is C23H33NO2. The molecule has 1 N–H and O–H groups in total. The molecule has 0 saturated carbocycles. The predicted octanol–water partition coefficient (Wildman–Crippen LogP) is 6.32. The maximum Gasteiger partial charge on any atom is 0.213 e. The highest BCUT2D eigenvalue weighted by Gasteiger charge is 2.11. The standard InChI is InChI=1S/C23H33NO2/c1-3-5-6-7-8-9-12-17-26-23-16-15-19(18-24-23)20-13-10-11-14-21(20)22(25)4-2/h10-11,13-16,18,22,25H,3-9,12,17H2,1-2H3. The van der Waals surface area contributed by atoms with Crippen molar-refractivity contribution in [3.05, 3.63) is 48.2 Å². The van der Waals surface area contributed by atoms with Crippen molar-refractivity contribution >= 4 is 0 Å². The Hall–Kier alpha value is -1.87. The number of benzene rings is 1. The van der Waals surface area contributed by atoms with Gasteiger partial charge in [-0.25, -0.2) is 4.98 Å². The molecule has 3 nitrogen and oxygen atoms in total. The third-order valence-corrected chi connectivity index (χ3v) is 4.75. The molecule has 0 radical (unpaired) electrons. The predicted molar refractivity (Wildman–Crippen MR) is 108 cm³/mol. The lowest BCUT2D eigenvalue weighted by Crippen LogP contribution is -2.00. The molecule has 0 aliphatic heterocycles. The highest BCUT2D eigenvalue weighted by atomic mass is 16.5. The molecule has 1 heterocycles. The smallest absolute Gasteiger partial charge is 0.213 e. The van der Waals surface area contributed by atoms with Gasteiger partial charge in [-0.05, 0) is 30.0 Å². The summed E-state index contributed by atoms with van der Waals surface area (Å²) in [5.41, 5.74) is 3.00. The van der Waals surface area contributed by atoms with Crippen molar-refractivity contribution in [1.29, 1.82) is 0 Å². The summed E-state index contributed by atoms with van der Waals surface area (Å²) in [5.74, 6) is 0.674. The number of pyridine rings is 1. The lowest BCUT2D eigenvalue weighted by Gasteiger charge is -2.14. The molecule has 26 heavy (non-hydrogen) atoms. The van der Waals surface area contributed by atoms with Crippen LogP contribution in [0.2, 0.25) is 0 Å². The van der Waals surface area contributed by atoms with Gasteiger partial charge < -0.3 is 9.84 Å². The van der Waals surface area contributed by atoms with E-state index in [-0.39, 0.29) is 0 Å². The molecule has 2 rings (SSSR count). The third-order valence-electron chi connectivity index (χ3n) is 4.75. The van der Waals surface area contributed by atoms with Crippen LogP contribution in [0.1, 0.15) is 76.9 Å². The van der Waals surface area contributed by atoms with Crippen LogP contribution >= 0.6 is 0 Å². The van der Waals surface area contributed by atoms with Gasteiger partial charge in [0.1, 0.15) is 0 Å². The van der Waals surface area contributed by atoms with Gasteiger partial charge in [-0.2, -0.15) is 0 Å². The Labute approximate surface area is 158 Å². The molecule has 0 fully saturated rings. The maximum atomic E-state index is 10.2. The number of aliphatic hydroxyl groups is 1. The van der Waals surface area contributed by atoms with Crippen LogP contribution < -0.4 is 4.74 Å². The molecular weight excluding hydrogens is 322 g/mol. The first-order valence-electron chi connectivity index (χ1n) is 10.1. The molecule has 0 spiro atoms. The topological polar surface area (TPSA) is 42.4 Å². The summed E-state index contributed by atoms with van der Waals surface area (Å²) in [7, 11) is 0. The van der Waals surface area contributed by atoms with Gasteiger partial charge in [-0.3, -0.25) is 0 Å². The summed E-state index contributed by atoms with van der Waals surface area (Å²) in [6, 6.07) is 11.9. The van der Waals surface area contributed by atoms with Crippen molar-refractivity contribution in [1.82, 2.24) is 4.98 Å². The number of hydrogen-bond acceptors (Lipinski definition) is 3. The zero-order valence-corrected chi connectivity index (χ0v) is 16.3. The highest BCUT2D eigenvalue weighted by molar-refractivity contribution is 5.67. The minimum absolute atomic E-state index is 0.445. The number of aromatic nitrogens is 1. The van der Waals surface area contributed by atoms with Crippen molar-refractivity contribution in [2.75, 3.05) is 6.61 Å². The van der Waals surface area contributed by atoms with E-state index >= 15 is 0 Å². The summed E-state index contributed by atoms with van der Waals surface area (Å²) in [6.07, 6.45) is 11.0. The van der Waals surface area contributed by atoms with E-state index in [4.69, 9.17) is 4.74 Å². The minimum Gasteiger partial charge on any atom is -0.478 e. The molecule has 0 aliphatic carbocycles. The van der Waals surface area contributed by atoms with Crippen molar-refractivity contribution in [3.63, 3.8) is 0 Å². The van der Waals surface area contributed by atoms with Crippen LogP contribution in [0.15, 0.2) is 42.6 Å². The lowest BCUT2D eigenvalue weighted by molar-refractivity contribution is 0.174. The van der Waals surface area contributed by atoms with Crippen molar-refractivity contribution in [3.8, 4) is 17.0 Å². The van der Waals surface area contributed by atoms with Crippen LogP contribution in [0.4, 0.5) is 0 Å². The number of nitrogens with zero attached hydrogens (tertiary/aromatic N) is 1. The first-order chi connectivity index (χ1) is 12.8. The molecule has 3 heteroatoms. The first-order valence-corrected chi connectivity index (χ1v) is 10.1. The van der Waals surface area contributed by atoms with Crippen molar-refractivity contribution < 1.29 is 9.84 Å². The average molecular weight is 356 g/mol. The summed E-state index contributed by atoms with van der Waals surface area (Å²) in [6.45, 7) is 4.96. The lowest BCUT2D eigenvalue weighted by atomic mass is 9.96. The van der Waals surface area contributed by atoms with Crippen LogP contribution in [0.25, 0.3) is 11.1 Å². The van der Waals surface area contributed by atoms with Gasteiger partial charge in [0.15, 0.2) is 0 Å². The molecule has 1 unspecified atom stereocenters. The fourth-order valence-corrected chi connectivity index (χ4v) is 3.13. The first kappa shape index (κ1) is 20.4. The molecule has 142 valence electrons. The van der Waals surface area contributed by atoms with Gasteiger partial charge >= 0.3 is 0 Å². The van der Waals surface area contributed by atoms with E-state index in [0.717, 1.165) is 29.7 Å². The molecule has 0 aliphatic rings. The van der Waals surface area contributed by atoms with E-state index in [0.29, 0.717) is 12.3 Å². The molecule has 2 aromatic rings. The molecule has 0 amide bonds. The van der Waals surface area contributed by atoms with E-state index in [1.807, 2.05) is 49.5 Å². The van der Waals surface area contributed by atoms with E-state index in [1.54, 1.807) is 0 Å². The van der Waals surface area contributed by atoms with Crippen molar-refractivity contribution in [2.45, 2.75) is 71.3 Å². The summed E-state index contributed by atoms with van der Waals surface area (Å²) in [4.78, 5) is 4.44. The Kier molecular flexibility index (Phi) is 9.19. The second-order valence-electron chi connectivity index (χ2n) is 6.87. The summed E-state index contributed by atoms with van der Waals surface area (Å²) < 4.78 is 5.76. The minimum atomic E-state index is -0.445. The Balaban J connectivity index is 1.82. The SMILES string of the molecule is CCCCCCCCCOc1ccc(-c2ccccc2C(O)CC)cn1. The fraction of sp³-hybridized carbons (Fsp3) is 0.522. The Morgan fingerprint density at radius 2 is 1.65 bits per heavy atom. The van der Waals surface area contributed by atoms with Gasteiger partial charge in [0, 0.05) is 17.8 Å². The highest BCUT2D eigenvalue weighted by Crippen LogP contribution is 2.29. The van der Waals surface area contributed by atoms with E-state index in [1.165, 1.54) is 38.5 Å². The Morgan fingerprint density at radius 1 is 0.923 bits per heavy atom. The third kappa shape index (κ3) is 6.45. The second-order valence-corrected chi connectivity index (χ2v) is 6.87. The van der Waals surface area contributed by atoms with Crippen LogP contribution in [0.5, 0.6) is 5.88 Å². The number of hydrogen-bond donors (Lipinski definition) is 1. The van der Waals surface area contributed by atoms with Gasteiger partial charge in [-0.15, -0.1) is 0 Å². The van der Waals surface area contributed by atoms with Gasteiger partial charge in [0.25, 0.3) is 0 Å². The molecule has 0 saturated heterocycles. The second kappa shape index (κ2) is 11.7. The summed E-state index contributed by atoms with van der Waals surface area (Å²) >= 11 is 0. The van der Waals surface area contributed by atoms with Crippen molar-refractivity contribution in [2.24, 2.45) is 0 Å². The number of unbranched alkanes of at least 4 members (excludes halogenated alkanes) is 6. The monoisotopic (exact) mass is 355 g/mol. The maximum absolute atomic E-state index is 10.2. The van der Waals surface area contributed by atoms with Crippen LogP contribution in [-0.4, -0.2) is 16.7 Å². The van der Waals surface area contributed by atoms with Gasteiger partial charge in [0.2, 0.25) is 5.88 Å². The van der Waals surface area contributed by atoms with E-state index < -0.39 is 6.10 Å². The number of ether oxygens (including phenoxy) is 1. The van der Waals surface area contributed by atoms with E-state index in [2.05, 4.69) is 11.9 Å². The Bertz CT molecular complexity index is 624. The molecule has 1 atom stereocenters. The van der Waals surface area contributed by atoms with E-state index in [9.17, 15) is 5.11 Å². The number of rotatable bonds is 12. The van der Waals surface area contributed by atoms with Gasteiger partial charge in [-0.1, -0.05) is 76.6 Å². The largest absolute Gasteiger partial charge is 0.478 e. The van der Waals surface area contributed by atoms with Crippen LogP contribution in [0.3, 0.4) is 0 Å². The van der Waals surface area contributed by atoms with Gasteiger partial charge in [0.05, 0.1) is 12.7 Å².